The van der Waals surface area contributed by atoms with Gasteiger partial charge in [-0.2, -0.15) is 0 Å². The van der Waals surface area contributed by atoms with Crippen LogP contribution in [0.25, 0.3) is 0 Å². The third-order valence-electron chi connectivity index (χ3n) is 10.4. The summed E-state index contributed by atoms with van der Waals surface area (Å²) in [7, 11) is 0. The predicted octanol–water partition coefficient (Wildman–Crippen LogP) is 6.81. The highest BCUT2D eigenvalue weighted by Crippen LogP contribution is 2.69. The van der Waals surface area contributed by atoms with Crippen molar-refractivity contribution in [3.05, 3.63) is 12.7 Å². The zero-order valence-electron chi connectivity index (χ0n) is 17.0. The average Bonchev–Trinajstić information content (AvgIpc) is 2.52. The first-order valence-electron chi connectivity index (χ1n) is 10.8. The van der Waals surface area contributed by atoms with E-state index in [1.165, 1.54) is 32.0 Å². The van der Waals surface area contributed by atoms with Gasteiger partial charge in [-0.15, -0.1) is 6.58 Å². The molecule has 134 valence electrons. The summed E-state index contributed by atoms with van der Waals surface area (Å²) in [6.07, 6.45) is 9.56. The Bertz CT molecular complexity index is 476. The lowest BCUT2D eigenvalue weighted by atomic mass is 9.20. The predicted molar refractivity (Wildman–Crippen MR) is 107 cm³/mol. The molecule has 1 heteroatoms. The van der Waals surface area contributed by atoms with E-state index in [-0.39, 0.29) is 0 Å². The molecule has 0 amide bonds. The van der Waals surface area contributed by atoms with Gasteiger partial charge in [-0.3, -0.25) is 0 Å². The molecule has 0 nitrogen and oxygen atoms in total. The second-order valence-corrected chi connectivity index (χ2v) is 11.4. The van der Waals surface area contributed by atoms with Crippen molar-refractivity contribution < 1.29 is 0 Å². The van der Waals surface area contributed by atoms with Crippen LogP contribution in [0.3, 0.4) is 0 Å². The second kappa shape index (κ2) is 5.40. The van der Waals surface area contributed by atoms with E-state index >= 15 is 0 Å². The standard InChI is InChI=1S/C23H39B/c1-8-9-24(20-12-16-10-18(14(20)2)22(16,4)5)21-13-17-11-19(15(21)3)23(17,6)7/h8,14-21H,1,9-13H2,2-7H3/t14-,15-,16+,17+,18-,19-,20-,21-/m1/s1. The Hall–Kier alpha value is -0.195. The van der Waals surface area contributed by atoms with Crippen LogP contribution in [0.2, 0.25) is 18.0 Å². The molecule has 6 saturated carbocycles. The molecule has 6 aliphatic rings. The van der Waals surface area contributed by atoms with Crippen molar-refractivity contribution in [2.45, 2.75) is 85.2 Å². The van der Waals surface area contributed by atoms with Crippen LogP contribution in [0, 0.1) is 46.3 Å². The minimum Gasteiger partial charge on any atom is -0.104 e. The Morgan fingerprint density at radius 1 is 0.833 bits per heavy atom. The minimum absolute atomic E-state index is 0.622. The molecule has 4 bridgehead atoms. The molecular formula is C23H39B. The summed E-state index contributed by atoms with van der Waals surface area (Å²) in [6, 6.07) is 0. The molecule has 0 aromatic heterocycles. The molecule has 0 spiro atoms. The molecule has 0 aromatic rings. The first-order chi connectivity index (χ1) is 11.2. The summed E-state index contributed by atoms with van der Waals surface area (Å²) < 4.78 is 0. The van der Waals surface area contributed by atoms with E-state index in [1.807, 2.05) is 0 Å². The molecule has 24 heavy (non-hydrogen) atoms. The second-order valence-electron chi connectivity index (χ2n) is 11.4. The Morgan fingerprint density at radius 3 is 1.54 bits per heavy atom. The minimum atomic E-state index is 0.622. The zero-order chi connectivity index (χ0) is 17.4. The molecule has 6 fully saturated rings. The SMILES string of the molecule is C=CCB([C@@H]1C[C@@H]2C[C@H]([C@H]1C)C2(C)C)[C@@H]1C[C@@H]2C[C@H]([C@H]1C)C2(C)C. The van der Waals surface area contributed by atoms with Crippen molar-refractivity contribution in [3.8, 4) is 0 Å². The van der Waals surface area contributed by atoms with Gasteiger partial charge in [-0.25, -0.2) is 0 Å². The van der Waals surface area contributed by atoms with Gasteiger partial charge < -0.3 is 0 Å². The topological polar surface area (TPSA) is 0 Å². The number of hydrogen-bond acceptors (Lipinski definition) is 0. The number of rotatable bonds is 4. The maximum absolute atomic E-state index is 4.16. The lowest BCUT2D eigenvalue weighted by molar-refractivity contribution is -0.107. The molecule has 6 rings (SSSR count). The lowest BCUT2D eigenvalue weighted by Gasteiger charge is -2.66. The Labute approximate surface area is 151 Å². The van der Waals surface area contributed by atoms with Gasteiger partial charge in [0.1, 0.15) is 0 Å². The molecule has 0 unspecified atom stereocenters. The molecule has 8 atom stereocenters. The maximum Gasteiger partial charge on any atom is 0.150 e. The average molecular weight is 326 g/mol. The summed E-state index contributed by atoms with van der Waals surface area (Å²) in [5.41, 5.74) is 1.24. The quantitative estimate of drug-likeness (QED) is 0.393. The zero-order valence-corrected chi connectivity index (χ0v) is 17.0. The van der Waals surface area contributed by atoms with Gasteiger partial charge in [0, 0.05) is 0 Å². The van der Waals surface area contributed by atoms with E-state index in [0.717, 1.165) is 53.9 Å². The summed E-state index contributed by atoms with van der Waals surface area (Å²) in [5.74, 6) is 7.75. The van der Waals surface area contributed by atoms with Gasteiger partial charge in [0.15, 0.2) is 6.71 Å². The van der Waals surface area contributed by atoms with Crippen LogP contribution in [-0.4, -0.2) is 6.71 Å². The monoisotopic (exact) mass is 326 g/mol. The van der Waals surface area contributed by atoms with Gasteiger partial charge in [0.05, 0.1) is 0 Å². The third kappa shape index (κ3) is 2.11. The molecule has 0 heterocycles. The maximum atomic E-state index is 4.16. The fourth-order valence-corrected chi connectivity index (χ4v) is 8.37. The van der Waals surface area contributed by atoms with Crippen LogP contribution >= 0.6 is 0 Å². The summed E-state index contributed by atoms with van der Waals surface area (Å²) in [5, 5.41) is 0. The smallest absolute Gasteiger partial charge is 0.104 e. The highest BCUT2D eigenvalue weighted by atomic mass is 14.6. The molecule has 0 radical (unpaired) electrons. The molecule has 0 aliphatic heterocycles. The Morgan fingerprint density at radius 2 is 1.25 bits per heavy atom. The van der Waals surface area contributed by atoms with Crippen molar-refractivity contribution in [2.75, 3.05) is 0 Å². The lowest BCUT2D eigenvalue weighted by Crippen LogP contribution is -2.59. The molecule has 0 saturated heterocycles. The molecule has 6 aliphatic carbocycles. The normalized spacial score (nSPS) is 50.4. The van der Waals surface area contributed by atoms with Crippen LogP contribution in [0.5, 0.6) is 0 Å². The molecule has 0 aromatic carbocycles. The van der Waals surface area contributed by atoms with Crippen molar-refractivity contribution >= 4 is 6.71 Å². The van der Waals surface area contributed by atoms with Crippen molar-refractivity contribution in [1.29, 1.82) is 0 Å². The highest BCUT2D eigenvalue weighted by Gasteiger charge is 2.61. The van der Waals surface area contributed by atoms with E-state index in [1.54, 1.807) is 0 Å². The highest BCUT2D eigenvalue weighted by molar-refractivity contribution is 6.62. The van der Waals surface area contributed by atoms with E-state index < -0.39 is 0 Å². The van der Waals surface area contributed by atoms with E-state index in [4.69, 9.17) is 0 Å². The van der Waals surface area contributed by atoms with Gasteiger partial charge in [-0.1, -0.05) is 78.4 Å². The fourth-order valence-electron chi connectivity index (χ4n) is 8.37. The van der Waals surface area contributed by atoms with Crippen LogP contribution in [0.1, 0.15) is 67.2 Å². The number of fused-ring (bicyclic) bond motifs is 4. The Balaban J connectivity index is 1.55. The molecular weight excluding hydrogens is 287 g/mol. The third-order valence-corrected chi connectivity index (χ3v) is 10.4. The van der Waals surface area contributed by atoms with Gasteiger partial charge >= 0.3 is 0 Å². The van der Waals surface area contributed by atoms with Crippen molar-refractivity contribution in [2.24, 2.45) is 46.3 Å². The van der Waals surface area contributed by atoms with Gasteiger partial charge in [0.2, 0.25) is 0 Å². The van der Waals surface area contributed by atoms with E-state index in [2.05, 4.69) is 54.2 Å². The van der Waals surface area contributed by atoms with Gasteiger partial charge in [0.25, 0.3) is 0 Å². The largest absolute Gasteiger partial charge is 0.150 e. The summed E-state index contributed by atoms with van der Waals surface area (Å²) >= 11 is 0. The number of hydrogen-bond donors (Lipinski definition) is 0. The fraction of sp³-hybridized carbons (Fsp3) is 0.913. The summed E-state index contributed by atoms with van der Waals surface area (Å²) in [4.78, 5) is 0. The Kier molecular flexibility index (Phi) is 3.88. The van der Waals surface area contributed by atoms with Crippen LogP contribution in [0.15, 0.2) is 12.7 Å². The van der Waals surface area contributed by atoms with Crippen LogP contribution in [0.4, 0.5) is 0 Å². The number of allylic oxidation sites excluding steroid dienone is 1. The molecule has 0 N–H and O–H groups in total. The van der Waals surface area contributed by atoms with E-state index in [0.29, 0.717) is 10.8 Å². The first kappa shape index (κ1) is 17.2. The van der Waals surface area contributed by atoms with Gasteiger partial charge in [-0.05, 0) is 59.2 Å². The van der Waals surface area contributed by atoms with Crippen molar-refractivity contribution in [1.82, 2.24) is 0 Å². The summed E-state index contributed by atoms with van der Waals surface area (Å²) in [6.45, 7) is 20.4. The van der Waals surface area contributed by atoms with Crippen LogP contribution in [-0.2, 0) is 0 Å². The van der Waals surface area contributed by atoms with E-state index in [9.17, 15) is 0 Å². The van der Waals surface area contributed by atoms with Crippen LogP contribution < -0.4 is 0 Å². The first-order valence-corrected chi connectivity index (χ1v) is 10.8. The van der Waals surface area contributed by atoms with Crippen molar-refractivity contribution in [3.63, 3.8) is 0 Å².